The lowest BCUT2D eigenvalue weighted by atomic mass is 9.86. The number of hydrogen-bond donors (Lipinski definition) is 3. The van der Waals surface area contributed by atoms with Crippen LogP contribution in [0.4, 0.5) is 0 Å². The quantitative estimate of drug-likeness (QED) is 0.393. The first-order chi connectivity index (χ1) is 11.0. The lowest BCUT2D eigenvalue weighted by molar-refractivity contribution is 0.316. The maximum Gasteiger partial charge on any atom is 0.213 e. The zero-order chi connectivity index (χ0) is 17.1. The van der Waals surface area contributed by atoms with Crippen molar-refractivity contribution in [1.82, 2.24) is 15.4 Å². The average molecular weight is 347 g/mol. The first kappa shape index (κ1) is 20.2. The van der Waals surface area contributed by atoms with Crippen LogP contribution < -0.4 is 15.4 Å². The summed E-state index contributed by atoms with van der Waals surface area (Å²) in [4.78, 5) is 4.55. The molecule has 1 aliphatic carbocycles. The molecule has 0 heterocycles. The zero-order valence-electron chi connectivity index (χ0n) is 14.9. The molecule has 0 bridgehead atoms. The number of nitrogens with zero attached hydrogens (tertiary/aromatic N) is 1. The molecule has 7 heteroatoms. The van der Waals surface area contributed by atoms with Crippen molar-refractivity contribution in [2.45, 2.75) is 52.9 Å². The lowest BCUT2D eigenvalue weighted by Gasteiger charge is -2.25. The average Bonchev–Trinajstić information content (AvgIpc) is 2.46. The molecule has 0 amide bonds. The van der Waals surface area contributed by atoms with E-state index in [-0.39, 0.29) is 5.75 Å². The molecule has 1 aliphatic rings. The molecule has 136 valence electrons. The predicted octanol–water partition coefficient (Wildman–Crippen LogP) is 1.70. The summed E-state index contributed by atoms with van der Waals surface area (Å²) in [5.74, 6) is 1.90. The highest BCUT2D eigenvalue weighted by molar-refractivity contribution is 7.89. The van der Waals surface area contributed by atoms with Gasteiger partial charge in [0, 0.05) is 26.2 Å². The van der Waals surface area contributed by atoms with Crippen molar-refractivity contribution < 1.29 is 8.42 Å². The van der Waals surface area contributed by atoms with Crippen LogP contribution >= 0.6 is 0 Å². The highest BCUT2D eigenvalue weighted by Gasteiger charge is 2.20. The third-order valence-corrected chi connectivity index (χ3v) is 5.83. The van der Waals surface area contributed by atoms with Gasteiger partial charge in [0.1, 0.15) is 0 Å². The summed E-state index contributed by atoms with van der Waals surface area (Å²) in [6.45, 7) is 8.84. The third kappa shape index (κ3) is 8.55. The Balaban J connectivity index is 2.33. The second-order valence-corrected chi connectivity index (χ2v) is 8.22. The fourth-order valence-electron chi connectivity index (χ4n) is 2.43. The second kappa shape index (κ2) is 10.9. The Kier molecular flexibility index (Phi) is 9.55. The fourth-order valence-corrected chi connectivity index (χ4v) is 3.43. The van der Waals surface area contributed by atoms with E-state index in [2.05, 4.69) is 34.2 Å². The highest BCUT2D eigenvalue weighted by atomic mass is 32.2. The van der Waals surface area contributed by atoms with Gasteiger partial charge in [0.2, 0.25) is 10.0 Å². The van der Waals surface area contributed by atoms with Crippen LogP contribution in [0.5, 0.6) is 0 Å². The third-order valence-electron chi connectivity index (χ3n) is 4.49. The van der Waals surface area contributed by atoms with Crippen LogP contribution in [0.3, 0.4) is 0 Å². The topological polar surface area (TPSA) is 82.6 Å². The molecule has 0 aromatic rings. The lowest BCUT2D eigenvalue weighted by Crippen LogP contribution is -2.42. The van der Waals surface area contributed by atoms with Crippen LogP contribution in [0, 0.1) is 11.8 Å². The summed E-state index contributed by atoms with van der Waals surface area (Å²) >= 11 is 0. The van der Waals surface area contributed by atoms with E-state index in [0.717, 1.165) is 38.8 Å². The summed E-state index contributed by atoms with van der Waals surface area (Å²) in [6, 6.07) is 0. The van der Waals surface area contributed by atoms with Crippen LogP contribution in [0.15, 0.2) is 4.99 Å². The van der Waals surface area contributed by atoms with Gasteiger partial charge in [0.25, 0.3) is 0 Å². The van der Waals surface area contributed by atoms with Gasteiger partial charge < -0.3 is 10.6 Å². The van der Waals surface area contributed by atoms with Crippen molar-refractivity contribution in [3.63, 3.8) is 0 Å². The summed E-state index contributed by atoms with van der Waals surface area (Å²) in [5, 5.41) is 6.28. The van der Waals surface area contributed by atoms with Crippen molar-refractivity contribution in [2.24, 2.45) is 16.8 Å². The van der Waals surface area contributed by atoms with E-state index in [1.54, 1.807) is 0 Å². The van der Waals surface area contributed by atoms with Crippen molar-refractivity contribution in [3.05, 3.63) is 0 Å². The molecule has 6 nitrogen and oxygen atoms in total. The van der Waals surface area contributed by atoms with Gasteiger partial charge >= 0.3 is 0 Å². The van der Waals surface area contributed by atoms with E-state index >= 15 is 0 Å². The molecular formula is C16H34N4O2S. The van der Waals surface area contributed by atoms with Crippen molar-refractivity contribution in [1.29, 1.82) is 0 Å². The Morgan fingerprint density at radius 2 is 1.87 bits per heavy atom. The molecule has 1 fully saturated rings. The van der Waals surface area contributed by atoms with E-state index in [9.17, 15) is 8.42 Å². The van der Waals surface area contributed by atoms with Gasteiger partial charge in [-0.15, -0.1) is 0 Å². The first-order valence-electron chi connectivity index (χ1n) is 9.00. The summed E-state index contributed by atoms with van der Waals surface area (Å²) in [5.41, 5.74) is 0. The number of nitrogens with one attached hydrogen (secondary N) is 3. The molecule has 0 radical (unpaired) electrons. The number of rotatable bonds is 11. The Morgan fingerprint density at radius 3 is 2.39 bits per heavy atom. The van der Waals surface area contributed by atoms with Gasteiger partial charge in [0.15, 0.2) is 5.96 Å². The molecule has 1 saturated carbocycles. The van der Waals surface area contributed by atoms with Gasteiger partial charge in [-0.05, 0) is 31.6 Å². The Hall–Kier alpha value is -0.820. The fraction of sp³-hybridized carbons (Fsp3) is 0.938. The van der Waals surface area contributed by atoms with Crippen molar-refractivity contribution in [3.8, 4) is 0 Å². The molecule has 1 rings (SSSR count). The second-order valence-electron chi connectivity index (χ2n) is 6.29. The van der Waals surface area contributed by atoms with E-state index < -0.39 is 10.0 Å². The van der Waals surface area contributed by atoms with Gasteiger partial charge in [-0.25, -0.2) is 13.1 Å². The molecule has 0 aromatic heterocycles. The SMILES string of the molecule is CCNC(=NCC(CC)CC)NCCS(=O)(=O)NCC1CCC1. The first-order valence-corrected chi connectivity index (χ1v) is 10.6. The van der Waals surface area contributed by atoms with Gasteiger partial charge in [-0.2, -0.15) is 0 Å². The maximum absolute atomic E-state index is 12.0. The summed E-state index contributed by atoms with van der Waals surface area (Å²) in [6.07, 6.45) is 5.74. The maximum atomic E-state index is 12.0. The molecule has 0 unspecified atom stereocenters. The number of aliphatic imine (C=N–C) groups is 1. The van der Waals surface area contributed by atoms with Crippen LogP contribution in [0.1, 0.15) is 52.9 Å². The van der Waals surface area contributed by atoms with Crippen LogP contribution in [0.2, 0.25) is 0 Å². The van der Waals surface area contributed by atoms with Crippen LogP contribution in [-0.4, -0.2) is 46.3 Å². The number of guanidine groups is 1. The standard InChI is InChI=1S/C16H34N4O2S/c1-4-14(5-2)12-19-16(17-6-3)18-10-11-23(21,22)20-13-15-8-7-9-15/h14-15,20H,4-13H2,1-3H3,(H2,17,18,19). The van der Waals surface area contributed by atoms with Crippen LogP contribution in [0.25, 0.3) is 0 Å². The van der Waals surface area contributed by atoms with Crippen molar-refractivity contribution >= 4 is 16.0 Å². The Labute approximate surface area is 142 Å². The van der Waals surface area contributed by atoms with E-state index in [4.69, 9.17) is 0 Å². The molecule has 23 heavy (non-hydrogen) atoms. The smallest absolute Gasteiger partial charge is 0.213 e. The minimum absolute atomic E-state index is 0.0785. The minimum Gasteiger partial charge on any atom is -0.357 e. The highest BCUT2D eigenvalue weighted by Crippen LogP contribution is 2.25. The molecular weight excluding hydrogens is 312 g/mol. The van der Waals surface area contributed by atoms with Gasteiger partial charge in [0.05, 0.1) is 5.75 Å². The number of sulfonamides is 1. The van der Waals surface area contributed by atoms with Gasteiger partial charge in [-0.3, -0.25) is 4.99 Å². The van der Waals surface area contributed by atoms with Crippen LogP contribution in [-0.2, 0) is 10.0 Å². The molecule has 0 atom stereocenters. The van der Waals surface area contributed by atoms with E-state index in [0.29, 0.717) is 30.9 Å². The van der Waals surface area contributed by atoms with Gasteiger partial charge in [-0.1, -0.05) is 33.1 Å². The summed E-state index contributed by atoms with van der Waals surface area (Å²) in [7, 11) is -3.20. The largest absolute Gasteiger partial charge is 0.357 e. The van der Waals surface area contributed by atoms with E-state index in [1.807, 2.05) is 6.92 Å². The summed E-state index contributed by atoms with van der Waals surface area (Å²) < 4.78 is 26.6. The zero-order valence-corrected chi connectivity index (χ0v) is 15.7. The van der Waals surface area contributed by atoms with E-state index in [1.165, 1.54) is 6.42 Å². The monoisotopic (exact) mass is 346 g/mol. The molecule has 0 aliphatic heterocycles. The normalized spacial score (nSPS) is 16.4. The van der Waals surface area contributed by atoms with Crippen molar-refractivity contribution in [2.75, 3.05) is 31.9 Å². The molecule has 0 aromatic carbocycles. The minimum atomic E-state index is -3.20. The molecule has 3 N–H and O–H groups in total. The molecule has 0 saturated heterocycles. The Morgan fingerprint density at radius 1 is 1.17 bits per heavy atom. The number of hydrogen-bond acceptors (Lipinski definition) is 3. The predicted molar refractivity (Wildman–Crippen MR) is 97.2 cm³/mol. The Bertz CT molecular complexity index is 443. The molecule has 0 spiro atoms.